The molecular formula is C22H18ClN3O3S2. The summed E-state index contributed by atoms with van der Waals surface area (Å²) in [4.78, 5) is 38.6. The molecule has 0 aromatic heterocycles. The summed E-state index contributed by atoms with van der Waals surface area (Å²) in [6.07, 6.45) is 5.36. The Morgan fingerprint density at radius 2 is 1.77 bits per heavy atom. The molecule has 1 fully saturated rings. The van der Waals surface area contributed by atoms with Gasteiger partial charge in [0.05, 0.1) is 15.5 Å². The molecule has 2 N–H and O–H groups in total. The third-order valence-electron chi connectivity index (χ3n) is 4.21. The number of thiocarbonyl (C=S) groups is 1. The van der Waals surface area contributed by atoms with E-state index in [9.17, 15) is 14.4 Å². The van der Waals surface area contributed by atoms with Gasteiger partial charge in [0, 0.05) is 13.0 Å². The molecule has 0 bridgehead atoms. The Kier molecular flexibility index (Phi) is 8.00. The molecule has 3 rings (SSSR count). The van der Waals surface area contributed by atoms with Crippen molar-refractivity contribution in [1.29, 1.82) is 0 Å². The number of allylic oxidation sites excluding steroid dienone is 2. The van der Waals surface area contributed by atoms with Gasteiger partial charge in [0.25, 0.3) is 11.8 Å². The van der Waals surface area contributed by atoms with Gasteiger partial charge in [-0.1, -0.05) is 90.2 Å². The Morgan fingerprint density at radius 3 is 2.52 bits per heavy atom. The monoisotopic (exact) mass is 471 g/mol. The number of benzene rings is 2. The van der Waals surface area contributed by atoms with E-state index in [1.54, 1.807) is 36.4 Å². The van der Waals surface area contributed by atoms with E-state index in [1.807, 2.05) is 36.4 Å². The summed E-state index contributed by atoms with van der Waals surface area (Å²) in [7, 11) is 0. The van der Waals surface area contributed by atoms with Gasteiger partial charge in [-0.3, -0.25) is 30.1 Å². The van der Waals surface area contributed by atoms with E-state index >= 15 is 0 Å². The zero-order valence-corrected chi connectivity index (χ0v) is 18.6. The van der Waals surface area contributed by atoms with E-state index in [4.69, 9.17) is 23.8 Å². The van der Waals surface area contributed by atoms with Crippen molar-refractivity contribution in [2.45, 2.75) is 6.42 Å². The molecule has 6 nitrogen and oxygen atoms in total. The highest BCUT2D eigenvalue weighted by Crippen LogP contribution is 2.31. The molecule has 0 spiro atoms. The van der Waals surface area contributed by atoms with Crippen molar-refractivity contribution in [3.63, 3.8) is 0 Å². The van der Waals surface area contributed by atoms with Crippen molar-refractivity contribution >= 4 is 63.7 Å². The number of hydrogen-bond acceptors (Lipinski definition) is 5. The molecule has 0 aliphatic carbocycles. The summed E-state index contributed by atoms with van der Waals surface area (Å²) in [6.45, 7) is 0.109. The van der Waals surface area contributed by atoms with E-state index in [0.717, 1.165) is 5.56 Å². The first-order valence-electron chi connectivity index (χ1n) is 9.26. The Balaban J connectivity index is 1.49. The Bertz CT molecular complexity index is 1070. The molecule has 1 aliphatic heterocycles. The van der Waals surface area contributed by atoms with Gasteiger partial charge >= 0.3 is 0 Å². The van der Waals surface area contributed by atoms with Gasteiger partial charge in [0.1, 0.15) is 4.32 Å². The first-order chi connectivity index (χ1) is 15.0. The largest absolute Gasteiger partial charge is 0.292 e. The van der Waals surface area contributed by atoms with Gasteiger partial charge in [0.2, 0.25) is 5.91 Å². The number of rotatable bonds is 6. The SMILES string of the molecule is O=C(CCN1C(=O)C(=CC=Cc2ccccc2)SC1=S)NNC(=O)c1ccccc1Cl. The number of halogens is 1. The van der Waals surface area contributed by atoms with Crippen LogP contribution in [0.15, 0.2) is 71.7 Å². The first kappa shape index (κ1) is 22.7. The van der Waals surface area contributed by atoms with Crippen LogP contribution in [0.4, 0.5) is 0 Å². The third kappa shape index (κ3) is 6.27. The maximum absolute atomic E-state index is 12.6. The molecule has 9 heteroatoms. The summed E-state index contributed by atoms with van der Waals surface area (Å²) < 4.78 is 0.386. The second-order valence-corrected chi connectivity index (χ2v) is 8.44. The molecule has 1 saturated heterocycles. The molecule has 1 aliphatic rings. The van der Waals surface area contributed by atoms with Crippen LogP contribution in [0, 0.1) is 0 Å². The predicted molar refractivity (Wildman–Crippen MR) is 127 cm³/mol. The van der Waals surface area contributed by atoms with Crippen molar-refractivity contribution in [2.24, 2.45) is 0 Å². The fourth-order valence-corrected chi connectivity index (χ4v) is 4.11. The number of nitrogens with zero attached hydrogens (tertiary/aromatic N) is 1. The minimum Gasteiger partial charge on any atom is -0.292 e. The number of thioether (sulfide) groups is 1. The lowest BCUT2D eigenvalue weighted by Crippen LogP contribution is -2.43. The molecule has 2 aromatic rings. The van der Waals surface area contributed by atoms with Gasteiger partial charge in [-0.2, -0.15) is 0 Å². The van der Waals surface area contributed by atoms with Crippen LogP contribution in [0.3, 0.4) is 0 Å². The highest BCUT2D eigenvalue weighted by atomic mass is 35.5. The molecule has 158 valence electrons. The summed E-state index contributed by atoms with van der Waals surface area (Å²) in [5, 5.41) is 0.278. The quantitative estimate of drug-likeness (QED) is 0.379. The van der Waals surface area contributed by atoms with E-state index in [1.165, 1.54) is 16.7 Å². The molecule has 0 unspecified atom stereocenters. The van der Waals surface area contributed by atoms with Crippen molar-refractivity contribution in [3.05, 3.63) is 87.8 Å². The minimum absolute atomic E-state index is 0.0254. The molecule has 0 saturated carbocycles. The smallest absolute Gasteiger partial charge is 0.271 e. The fraction of sp³-hybridized carbons (Fsp3) is 0.0909. The van der Waals surface area contributed by atoms with Crippen LogP contribution < -0.4 is 10.9 Å². The van der Waals surface area contributed by atoms with Crippen molar-refractivity contribution in [1.82, 2.24) is 15.8 Å². The Hall–Kier alpha value is -2.94. The topological polar surface area (TPSA) is 78.5 Å². The summed E-state index contributed by atoms with van der Waals surface area (Å²) in [5.41, 5.74) is 5.88. The normalized spacial score (nSPS) is 15.0. The van der Waals surface area contributed by atoms with Gasteiger partial charge in [0.15, 0.2) is 0 Å². The van der Waals surface area contributed by atoms with Crippen molar-refractivity contribution in [2.75, 3.05) is 6.54 Å². The molecule has 0 atom stereocenters. The molecule has 0 radical (unpaired) electrons. The zero-order valence-electron chi connectivity index (χ0n) is 16.2. The average molecular weight is 472 g/mol. The highest BCUT2D eigenvalue weighted by molar-refractivity contribution is 8.26. The van der Waals surface area contributed by atoms with Crippen LogP contribution in [0.2, 0.25) is 5.02 Å². The second-order valence-electron chi connectivity index (χ2n) is 6.36. The average Bonchev–Trinajstić information content (AvgIpc) is 3.04. The standard InChI is InChI=1S/C22H18ClN3O3S2/c23-17-11-5-4-10-16(17)20(28)25-24-19(27)13-14-26-21(29)18(31-22(26)30)12-6-9-15-7-2-1-3-8-15/h1-12H,13-14H2,(H,24,27)(H,25,28). The van der Waals surface area contributed by atoms with Crippen molar-refractivity contribution < 1.29 is 14.4 Å². The molecule has 1 heterocycles. The summed E-state index contributed by atoms with van der Waals surface area (Å²) >= 11 is 12.4. The predicted octanol–water partition coefficient (Wildman–Crippen LogP) is 3.95. The van der Waals surface area contributed by atoms with E-state index in [2.05, 4.69) is 10.9 Å². The fourth-order valence-electron chi connectivity index (χ4n) is 2.63. The highest BCUT2D eigenvalue weighted by Gasteiger charge is 2.31. The van der Waals surface area contributed by atoms with Crippen LogP contribution >= 0.6 is 35.6 Å². The number of hydrazine groups is 1. The second kappa shape index (κ2) is 10.9. The van der Waals surface area contributed by atoms with E-state index in [0.29, 0.717) is 9.23 Å². The van der Waals surface area contributed by atoms with E-state index < -0.39 is 11.8 Å². The van der Waals surface area contributed by atoms with Gasteiger partial charge in [-0.15, -0.1) is 0 Å². The molecule has 31 heavy (non-hydrogen) atoms. The first-order valence-corrected chi connectivity index (χ1v) is 10.9. The number of nitrogens with one attached hydrogen (secondary N) is 2. The summed E-state index contributed by atoms with van der Waals surface area (Å²) in [6, 6.07) is 16.2. The maximum Gasteiger partial charge on any atom is 0.271 e. The lowest BCUT2D eigenvalue weighted by Gasteiger charge is -2.14. The maximum atomic E-state index is 12.6. The number of carbonyl (C=O) groups excluding carboxylic acids is 3. The van der Waals surface area contributed by atoms with Gasteiger partial charge in [-0.25, -0.2) is 0 Å². The van der Waals surface area contributed by atoms with Crippen LogP contribution in [-0.4, -0.2) is 33.5 Å². The van der Waals surface area contributed by atoms with Gasteiger partial charge in [-0.05, 0) is 23.8 Å². The minimum atomic E-state index is -0.530. The molecular weight excluding hydrogens is 454 g/mol. The van der Waals surface area contributed by atoms with Crippen LogP contribution in [-0.2, 0) is 9.59 Å². The van der Waals surface area contributed by atoms with Gasteiger partial charge < -0.3 is 0 Å². The molecule has 2 aromatic carbocycles. The molecule has 3 amide bonds. The summed E-state index contributed by atoms with van der Waals surface area (Å²) in [5.74, 6) is -1.24. The number of hydrogen-bond donors (Lipinski definition) is 2. The van der Waals surface area contributed by atoms with Crippen LogP contribution in [0.25, 0.3) is 6.08 Å². The van der Waals surface area contributed by atoms with Crippen molar-refractivity contribution in [3.8, 4) is 0 Å². The van der Waals surface area contributed by atoms with E-state index in [-0.39, 0.29) is 29.5 Å². The van der Waals surface area contributed by atoms with Crippen LogP contribution in [0.1, 0.15) is 22.3 Å². The Morgan fingerprint density at radius 1 is 1.06 bits per heavy atom. The zero-order chi connectivity index (χ0) is 22.2. The number of carbonyl (C=O) groups is 3. The lowest BCUT2D eigenvalue weighted by atomic mass is 10.2. The van der Waals surface area contributed by atoms with Crippen LogP contribution in [0.5, 0.6) is 0 Å². The third-order valence-corrected chi connectivity index (χ3v) is 5.93. The lowest BCUT2D eigenvalue weighted by molar-refractivity contribution is -0.124. The Labute approximate surface area is 194 Å². The number of amides is 3.